The normalized spacial score (nSPS) is 26.6. The molecule has 130 valence electrons. The Morgan fingerprint density at radius 2 is 2.16 bits per heavy atom. The Kier molecular flexibility index (Phi) is 2.93. The fourth-order valence-corrected chi connectivity index (χ4v) is 3.92. The number of aliphatic hydroxyl groups is 1. The van der Waals surface area contributed by atoms with Crippen LogP contribution < -0.4 is 15.1 Å². The maximum atomic E-state index is 12.4. The highest BCUT2D eigenvalue weighted by atomic mass is 16.7. The van der Waals surface area contributed by atoms with Crippen LogP contribution in [0.3, 0.4) is 0 Å². The lowest BCUT2D eigenvalue weighted by molar-refractivity contribution is -0.147. The minimum atomic E-state index is -0.931. The molecule has 5 rings (SSSR count). The second kappa shape index (κ2) is 4.96. The summed E-state index contributed by atoms with van der Waals surface area (Å²) in [5, 5.41) is 10.3. The van der Waals surface area contributed by atoms with E-state index in [1.165, 1.54) is 7.11 Å². The number of hydrogen-bond acceptors (Lipinski definition) is 8. The lowest BCUT2D eigenvalue weighted by Gasteiger charge is -2.19. The highest BCUT2D eigenvalue weighted by molar-refractivity contribution is 6.01. The summed E-state index contributed by atoms with van der Waals surface area (Å²) >= 11 is 0. The summed E-state index contributed by atoms with van der Waals surface area (Å²) < 4.78 is 27.0. The molecule has 1 aromatic carbocycles. The van der Waals surface area contributed by atoms with E-state index < -0.39 is 24.2 Å². The predicted octanol–water partition coefficient (Wildman–Crippen LogP) is 1.06. The van der Waals surface area contributed by atoms with E-state index >= 15 is 0 Å². The van der Waals surface area contributed by atoms with E-state index in [1.54, 1.807) is 6.07 Å². The molecule has 3 atom stereocenters. The van der Waals surface area contributed by atoms with Gasteiger partial charge < -0.3 is 28.5 Å². The van der Waals surface area contributed by atoms with Gasteiger partial charge in [0.15, 0.2) is 6.29 Å². The van der Waals surface area contributed by atoms with E-state index in [2.05, 4.69) is 0 Å². The molecule has 8 heteroatoms. The Labute approximate surface area is 140 Å². The highest BCUT2D eigenvalue weighted by Crippen LogP contribution is 2.51. The van der Waals surface area contributed by atoms with Crippen LogP contribution in [0.1, 0.15) is 33.8 Å². The van der Waals surface area contributed by atoms with Crippen molar-refractivity contribution >= 4 is 16.9 Å². The first-order valence-electron chi connectivity index (χ1n) is 7.96. The number of aliphatic hydroxyl groups excluding tert-OH is 1. The quantitative estimate of drug-likeness (QED) is 0.604. The van der Waals surface area contributed by atoms with Gasteiger partial charge >= 0.3 is 11.6 Å². The Morgan fingerprint density at radius 3 is 2.96 bits per heavy atom. The summed E-state index contributed by atoms with van der Waals surface area (Å²) in [6.07, 6.45) is -0.833. The van der Waals surface area contributed by atoms with Gasteiger partial charge in [-0.05, 0) is 5.56 Å². The van der Waals surface area contributed by atoms with Gasteiger partial charge in [-0.15, -0.1) is 0 Å². The van der Waals surface area contributed by atoms with Crippen molar-refractivity contribution in [3.8, 4) is 11.5 Å². The van der Waals surface area contributed by atoms with E-state index in [0.717, 1.165) is 0 Å². The standard InChI is InChI=1S/C17H14O8/c1-21-8-5-9-12(7-4-10(18)24-17(7)23-9)14-11(8)6-2-3-22-15(19)13(6)16(20)25-14/h5,7,10,17-18H,2-4H2,1H3/t7-,10+,17-/m0/s1. The zero-order valence-corrected chi connectivity index (χ0v) is 13.2. The topological polar surface area (TPSA) is 104 Å². The molecule has 3 aliphatic rings. The van der Waals surface area contributed by atoms with Crippen molar-refractivity contribution in [3.63, 3.8) is 0 Å². The molecule has 1 fully saturated rings. The van der Waals surface area contributed by atoms with Crippen LogP contribution in [-0.2, 0) is 15.9 Å². The summed E-state index contributed by atoms with van der Waals surface area (Å²) in [6, 6.07) is 1.70. The fourth-order valence-electron chi connectivity index (χ4n) is 3.92. The minimum absolute atomic E-state index is 0.0878. The van der Waals surface area contributed by atoms with E-state index in [9.17, 15) is 14.7 Å². The van der Waals surface area contributed by atoms with Gasteiger partial charge in [0, 0.05) is 24.5 Å². The van der Waals surface area contributed by atoms with Crippen LogP contribution in [0.2, 0.25) is 0 Å². The lowest BCUT2D eigenvalue weighted by Crippen LogP contribution is -2.26. The van der Waals surface area contributed by atoms with Crippen molar-refractivity contribution in [2.45, 2.75) is 31.3 Å². The number of methoxy groups -OCH3 is 1. The second-order valence-electron chi connectivity index (χ2n) is 6.24. The molecule has 3 aliphatic heterocycles. The number of carbonyl (C=O) groups excluding carboxylic acids is 1. The third-order valence-corrected chi connectivity index (χ3v) is 4.95. The summed E-state index contributed by atoms with van der Waals surface area (Å²) in [5.74, 6) is 0.0000520. The third kappa shape index (κ3) is 1.89. The molecule has 0 aliphatic carbocycles. The Balaban J connectivity index is 1.87. The summed E-state index contributed by atoms with van der Waals surface area (Å²) in [7, 11) is 1.50. The van der Waals surface area contributed by atoms with Gasteiger partial charge in [0.1, 0.15) is 22.6 Å². The minimum Gasteiger partial charge on any atom is -0.496 e. The smallest absolute Gasteiger partial charge is 0.351 e. The van der Waals surface area contributed by atoms with Gasteiger partial charge in [-0.2, -0.15) is 0 Å². The molecule has 0 bridgehead atoms. The Bertz CT molecular complexity index is 975. The molecule has 1 aromatic heterocycles. The average Bonchev–Trinajstić information content (AvgIpc) is 3.09. The fraction of sp³-hybridized carbons (Fsp3) is 0.412. The number of ether oxygens (including phenoxy) is 4. The Morgan fingerprint density at radius 1 is 1.32 bits per heavy atom. The summed E-state index contributed by atoms with van der Waals surface area (Å²) in [4.78, 5) is 24.4. The molecule has 1 saturated heterocycles. The van der Waals surface area contributed by atoms with Crippen LogP contribution in [-0.4, -0.2) is 37.4 Å². The molecular formula is C17H14O8. The molecular weight excluding hydrogens is 332 g/mol. The monoisotopic (exact) mass is 346 g/mol. The van der Waals surface area contributed by atoms with Crippen molar-refractivity contribution < 1.29 is 33.3 Å². The average molecular weight is 346 g/mol. The van der Waals surface area contributed by atoms with Crippen molar-refractivity contribution in [1.82, 2.24) is 0 Å². The number of esters is 1. The van der Waals surface area contributed by atoms with Crippen molar-refractivity contribution in [1.29, 1.82) is 0 Å². The lowest BCUT2D eigenvalue weighted by atomic mass is 9.92. The number of fused-ring (bicyclic) bond motifs is 7. The van der Waals surface area contributed by atoms with Crippen LogP contribution in [0.15, 0.2) is 15.3 Å². The van der Waals surface area contributed by atoms with E-state index in [4.69, 9.17) is 23.4 Å². The number of rotatable bonds is 1. The molecule has 0 spiro atoms. The van der Waals surface area contributed by atoms with E-state index in [1.807, 2.05) is 0 Å². The molecule has 0 radical (unpaired) electrons. The zero-order valence-electron chi connectivity index (χ0n) is 13.2. The van der Waals surface area contributed by atoms with Gasteiger partial charge in [-0.1, -0.05) is 0 Å². The first-order valence-corrected chi connectivity index (χ1v) is 7.96. The number of cyclic esters (lactones) is 1. The molecule has 0 saturated carbocycles. The number of carbonyl (C=O) groups is 1. The van der Waals surface area contributed by atoms with E-state index in [-0.39, 0.29) is 18.1 Å². The van der Waals surface area contributed by atoms with Crippen LogP contribution in [0.25, 0.3) is 11.0 Å². The number of benzene rings is 1. The number of hydrogen-bond donors (Lipinski definition) is 1. The SMILES string of the molecule is COc1cc2c(c3oc(=O)c4c(c13)CCOC4=O)[C@@H]1C[C@H](O)O[C@@H]1O2. The van der Waals surface area contributed by atoms with Gasteiger partial charge in [-0.3, -0.25) is 0 Å². The van der Waals surface area contributed by atoms with E-state index in [0.29, 0.717) is 46.4 Å². The first-order chi connectivity index (χ1) is 12.1. The maximum Gasteiger partial charge on any atom is 0.351 e. The van der Waals surface area contributed by atoms with Gasteiger partial charge in [0.2, 0.25) is 6.29 Å². The van der Waals surface area contributed by atoms with Crippen LogP contribution >= 0.6 is 0 Å². The molecule has 25 heavy (non-hydrogen) atoms. The second-order valence-corrected chi connectivity index (χ2v) is 6.24. The van der Waals surface area contributed by atoms with Crippen molar-refractivity contribution in [2.24, 2.45) is 0 Å². The molecule has 8 nitrogen and oxygen atoms in total. The predicted molar refractivity (Wildman–Crippen MR) is 81.9 cm³/mol. The first kappa shape index (κ1) is 14.7. The van der Waals surface area contributed by atoms with Gasteiger partial charge in [0.25, 0.3) is 0 Å². The molecule has 2 aromatic rings. The van der Waals surface area contributed by atoms with Crippen molar-refractivity contribution in [3.05, 3.63) is 33.2 Å². The van der Waals surface area contributed by atoms with Crippen LogP contribution in [0.4, 0.5) is 0 Å². The third-order valence-electron chi connectivity index (χ3n) is 4.95. The molecule has 1 N–H and O–H groups in total. The van der Waals surface area contributed by atoms with Crippen LogP contribution in [0, 0.1) is 0 Å². The van der Waals surface area contributed by atoms with Crippen LogP contribution in [0.5, 0.6) is 11.5 Å². The van der Waals surface area contributed by atoms with Crippen molar-refractivity contribution in [2.75, 3.05) is 13.7 Å². The van der Waals surface area contributed by atoms with Gasteiger partial charge in [-0.25, -0.2) is 9.59 Å². The van der Waals surface area contributed by atoms with Gasteiger partial charge in [0.05, 0.1) is 25.0 Å². The molecule has 0 amide bonds. The largest absolute Gasteiger partial charge is 0.496 e. The molecule has 4 heterocycles. The summed E-state index contributed by atoms with van der Waals surface area (Å²) in [5.41, 5.74) is 0.708. The Hall–Kier alpha value is -2.58. The maximum absolute atomic E-state index is 12.4. The molecule has 0 unspecified atom stereocenters. The highest BCUT2D eigenvalue weighted by Gasteiger charge is 2.46. The zero-order chi connectivity index (χ0) is 17.3. The summed E-state index contributed by atoms with van der Waals surface area (Å²) in [6.45, 7) is 0.189.